The number of aliphatic carboxylic acids is 2. The van der Waals surface area contributed by atoms with Crippen molar-refractivity contribution in [3.8, 4) is 0 Å². The Labute approximate surface area is 256 Å². The molecule has 0 saturated carbocycles. The molecule has 0 radical (unpaired) electrons. The summed E-state index contributed by atoms with van der Waals surface area (Å²) in [6.45, 7) is 9.13. The number of hydrogen-bond acceptors (Lipinski definition) is 8. The predicted molar refractivity (Wildman–Crippen MR) is 166 cm³/mol. The maximum absolute atomic E-state index is 13.5. The van der Waals surface area contributed by atoms with Gasteiger partial charge in [0.15, 0.2) is 5.78 Å². The molecule has 0 fully saturated rings. The molecule has 0 spiro atoms. The van der Waals surface area contributed by atoms with E-state index in [9.17, 15) is 19.7 Å². The number of carbonyl (C=O) groups is 4. The van der Waals surface area contributed by atoms with Crippen LogP contribution in [-0.4, -0.2) is 63.3 Å². The van der Waals surface area contributed by atoms with Crippen LogP contribution in [-0.2, 0) is 20.8 Å². The number of anilines is 1. The predicted octanol–water partition coefficient (Wildman–Crippen LogP) is 6.30. The van der Waals surface area contributed by atoms with Crippen molar-refractivity contribution in [2.75, 3.05) is 25.0 Å². The lowest BCUT2D eigenvalue weighted by molar-refractivity contribution is -0.384. The van der Waals surface area contributed by atoms with Gasteiger partial charge in [-0.05, 0) is 62.7 Å². The number of carbonyl (C=O) groups excluding carboxylic acids is 2. The first kappa shape index (κ1) is 35.6. The third-order valence-corrected chi connectivity index (χ3v) is 6.86. The number of nitrogens with one attached hydrogen (secondary N) is 1. The number of nitro groups is 1. The van der Waals surface area contributed by atoms with Gasteiger partial charge in [0.25, 0.3) is 5.69 Å². The summed E-state index contributed by atoms with van der Waals surface area (Å²) in [5.41, 5.74) is 1.80. The molecule has 3 N–H and O–H groups in total. The largest absolute Gasteiger partial charge is 0.473 e. The quantitative estimate of drug-likeness (QED) is 0.0719. The van der Waals surface area contributed by atoms with Gasteiger partial charge in [0.1, 0.15) is 11.3 Å². The Hall–Kier alpha value is -4.58. The highest BCUT2D eigenvalue weighted by atomic mass is 16.6. The molecule has 0 aliphatic rings. The Morgan fingerprint density at radius 2 is 1.45 bits per heavy atom. The number of hydrogen-bond donors (Lipinski definition) is 3. The van der Waals surface area contributed by atoms with Crippen molar-refractivity contribution in [3.63, 3.8) is 0 Å². The van der Waals surface area contributed by atoms with Crippen LogP contribution in [0.1, 0.15) is 87.4 Å². The first-order valence-electron chi connectivity index (χ1n) is 14.8. The molecule has 12 nitrogen and oxygen atoms in total. The molecule has 12 heteroatoms. The summed E-state index contributed by atoms with van der Waals surface area (Å²) in [5.74, 6) is -3.42. The van der Waals surface area contributed by atoms with Crippen molar-refractivity contribution in [2.24, 2.45) is 0 Å². The van der Waals surface area contributed by atoms with E-state index in [4.69, 9.17) is 24.2 Å². The molecule has 0 aliphatic heterocycles. The summed E-state index contributed by atoms with van der Waals surface area (Å²) in [5, 5.41) is 29.5. The zero-order valence-electron chi connectivity index (χ0n) is 25.5. The molecular formula is C32H41N3O9. The van der Waals surface area contributed by atoms with Crippen LogP contribution >= 0.6 is 0 Å². The van der Waals surface area contributed by atoms with Crippen molar-refractivity contribution in [1.29, 1.82) is 0 Å². The van der Waals surface area contributed by atoms with Crippen LogP contribution in [0.4, 0.5) is 11.4 Å². The minimum absolute atomic E-state index is 0.0583. The van der Waals surface area contributed by atoms with Gasteiger partial charge in [-0.25, -0.2) is 9.59 Å². The highest BCUT2D eigenvalue weighted by Crippen LogP contribution is 2.32. The topological polar surface area (TPSA) is 180 Å². The van der Waals surface area contributed by atoms with Crippen LogP contribution in [0.25, 0.3) is 11.0 Å². The molecule has 3 aromatic rings. The van der Waals surface area contributed by atoms with E-state index in [1.165, 1.54) is 12.1 Å². The molecule has 44 heavy (non-hydrogen) atoms. The average Bonchev–Trinajstić information content (AvgIpc) is 3.37. The maximum Gasteiger partial charge on any atom is 0.414 e. The average molecular weight is 612 g/mol. The smallest absolute Gasteiger partial charge is 0.414 e. The Kier molecular flexibility index (Phi) is 14.7. The second-order valence-corrected chi connectivity index (χ2v) is 10.3. The Morgan fingerprint density at radius 3 is 1.98 bits per heavy atom. The number of fused-ring (bicyclic) bond motifs is 1. The first-order valence-corrected chi connectivity index (χ1v) is 14.8. The number of nitrogens with zero attached hydrogens (tertiary/aromatic N) is 2. The third kappa shape index (κ3) is 10.9. The number of carboxylic acid groups (broad SMARTS) is 2. The van der Waals surface area contributed by atoms with Gasteiger partial charge in [-0.3, -0.25) is 19.7 Å². The molecule has 0 aliphatic carbocycles. The third-order valence-electron chi connectivity index (χ3n) is 6.86. The van der Waals surface area contributed by atoms with Crippen molar-refractivity contribution >= 4 is 46.0 Å². The van der Waals surface area contributed by atoms with Crippen molar-refractivity contribution in [1.82, 2.24) is 4.90 Å². The van der Waals surface area contributed by atoms with Crippen LogP contribution in [0.15, 0.2) is 46.9 Å². The number of benzene rings is 2. The first-order chi connectivity index (χ1) is 21.0. The van der Waals surface area contributed by atoms with Crippen LogP contribution in [0, 0.1) is 10.1 Å². The molecule has 238 valence electrons. The Bertz CT molecular complexity index is 1410. The van der Waals surface area contributed by atoms with Crippen LogP contribution in [0.2, 0.25) is 0 Å². The van der Waals surface area contributed by atoms with Gasteiger partial charge in [-0.1, -0.05) is 40.0 Å². The molecule has 0 unspecified atom stereocenters. The number of unbranched alkanes of at least 4 members (excludes halogenated alkanes) is 3. The molecular weight excluding hydrogens is 570 g/mol. The summed E-state index contributed by atoms with van der Waals surface area (Å²) in [6.07, 6.45) is 7.25. The van der Waals surface area contributed by atoms with E-state index >= 15 is 0 Å². The van der Waals surface area contributed by atoms with Crippen molar-refractivity contribution in [2.45, 2.75) is 72.1 Å². The summed E-state index contributed by atoms with van der Waals surface area (Å²) in [7, 11) is 0. The molecule has 1 amide bonds. The van der Waals surface area contributed by atoms with Gasteiger partial charge in [-0.2, -0.15) is 0 Å². The van der Waals surface area contributed by atoms with Crippen LogP contribution in [0.5, 0.6) is 0 Å². The normalized spacial score (nSPS) is 10.7. The van der Waals surface area contributed by atoms with E-state index in [0.29, 0.717) is 46.4 Å². The number of rotatable bonds is 16. The number of nitro benzene ring substituents is 1. The molecule has 2 aromatic carbocycles. The van der Waals surface area contributed by atoms with Gasteiger partial charge in [0.2, 0.25) is 5.91 Å². The van der Waals surface area contributed by atoms with Gasteiger partial charge >= 0.3 is 11.9 Å². The van der Waals surface area contributed by atoms with E-state index < -0.39 is 16.9 Å². The minimum Gasteiger partial charge on any atom is -0.473 e. The summed E-state index contributed by atoms with van der Waals surface area (Å²) in [4.78, 5) is 57.5. The summed E-state index contributed by atoms with van der Waals surface area (Å²) in [6, 6.07) is 11.1. The fraction of sp³-hybridized carbons (Fsp3) is 0.438. The van der Waals surface area contributed by atoms with E-state index in [1.807, 2.05) is 0 Å². The molecule has 1 heterocycles. The lowest BCUT2D eigenvalue weighted by Gasteiger charge is -2.21. The van der Waals surface area contributed by atoms with E-state index in [0.717, 1.165) is 58.2 Å². The molecule has 0 saturated heterocycles. The van der Waals surface area contributed by atoms with Gasteiger partial charge < -0.3 is 24.8 Å². The van der Waals surface area contributed by atoms with Crippen LogP contribution in [0.3, 0.4) is 0 Å². The summed E-state index contributed by atoms with van der Waals surface area (Å²) >= 11 is 0. The molecule has 0 bridgehead atoms. The van der Waals surface area contributed by atoms with Crippen molar-refractivity contribution < 1.29 is 38.7 Å². The number of ketones is 1. The zero-order valence-corrected chi connectivity index (χ0v) is 25.5. The Balaban J connectivity index is 0.00000102. The minimum atomic E-state index is -1.82. The fourth-order valence-electron chi connectivity index (χ4n) is 4.44. The number of non-ortho nitro benzene ring substituents is 1. The standard InChI is InChI=1S/C30H39N3O5.C2H2O4/c1-4-7-10-27-29(25-21-24(33(36)37)15-16-26(25)38-27)30(35)22-11-13-23(14-12-22)31-28(34)17-20-32(18-8-5-2)19-9-6-3;3-1(4)2(5)6/h11-16,21H,4-10,17-20H2,1-3H3,(H,31,34);(H,3,4)(H,5,6). The fourth-order valence-corrected chi connectivity index (χ4v) is 4.44. The zero-order chi connectivity index (χ0) is 32.6. The number of carboxylic acids is 2. The lowest BCUT2D eigenvalue weighted by Crippen LogP contribution is -2.30. The number of furan rings is 1. The van der Waals surface area contributed by atoms with Crippen molar-refractivity contribution in [3.05, 3.63) is 69.5 Å². The SMILES string of the molecule is CCCCc1oc2ccc([N+](=O)[O-])cc2c1C(=O)c1ccc(NC(=O)CCN(CCCC)CCCC)cc1.O=C(O)C(=O)O. The second kappa shape index (κ2) is 18.2. The van der Waals surface area contributed by atoms with Crippen LogP contribution < -0.4 is 5.32 Å². The highest BCUT2D eigenvalue weighted by molar-refractivity contribution is 6.27. The molecule has 3 rings (SSSR count). The van der Waals surface area contributed by atoms with Gasteiger partial charge in [-0.15, -0.1) is 0 Å². The second-order valence-electron chi connectivity index (χ2n) is 10.3. The number of amides is 1. The number of aryl methyl sites for hydroxylation is 1. The van der Waals surface area contributed by atoms with Gasteiger partial charge in [0.05, 0.1) is 10.5 Å². The van der Waals surface area contributed by atoms with Gasteiger partial charge in [0, 0.05) is 48.2 Å². The molecule has 0 atom stereocenters. The highest BCUT2D eigenvalue weighted by Gasteiger charge is 2.24. The van der Waals surface area contributed by atoms with E-state index in [2.05, 4.69) is 31.0 Å². The molecule has 1 aromatic heterocycles. The lowest BCUT2D eigenvalue weighted by atomic mass is 9.98. The van der Waals surface area contributed by atoms with E-state index in [1.54, 1.807) is 30.3 Å². The monoisotopic (exact) mass is 611 g/mol. The maximum atomic E-state index is 13.5. The van der Waals surface area contributed by atoms with E-state index in [-0.39, 0.29) is 17.4 Å². The summed E-state index contributed by atoms with van der Waals surface area (Å²) < 4.78 is 5.95. The Morgan fingerprint density at radius 1 is 0.864 bits per heavy atom.